The number of esters is 2. The van der Waals surface area contributed by atoms with Gasteiger partial charge < -0.3 is 96.9 Å². The highest BCUT2D eigenvalue weighted by atomic mass is 16.6. The minimum absolute atomic E-state index is 0.0347. The molecule has 0 saturated carbocycles. The molecule has 0 bridgehead atoms. The van der Waals surface area contributed by atoms with Crippen LogP contribution in [0, 0.1) is 0 Å². The molecule has 610 valence electrons. The van der Waals surface area contributed by atoms with E-state index in [1.807, 2.05) is 12.1 Å². The summed E-state index contributed by atoms with van der Waals surface area (Å²) in [6.45, 7) is 41.6. The summed E-state index contributed by atoms with van der Waals surface area (Å²) in [5.41, 5.74) is 19.5. The smallest absolute Gasteiger partial charge is 0.410 e. The zero-order valence-corrected chi connectivity index (χ0v) is 68.1. The highest BCUT2D eigenvalue weighted by Gasteiger charge is 2.29. The number of para-hydroxylation sites is 3. The number of nitrogens with one attached hydrogen (secondary N) is 2. The predicted molar refractivity (Wildman–Crippen MR) is 426 cm³/mol. The standard InChI is InChI=1S/C29H47N3O7.C22H43N3O6.C14H23N3O.C7H19N3.C7H6O2/c1-27(2,3)37-24(34)15-12-17-31(25(35)38-28(4,5)6)19-20-32(26(36)39-29(7,8)9)18-16-30-21-22-13-10-11-14-23(22)33;1-20(2,3)29-17(26)11-10-13-24(18(27)30-21(4,5)6)15-16-25(14-12-23)19(28)31-22(7,8)9;15-8-11-16-9-4-1-5-10-17-12-13-6-2-3-7-14(13)18;8-4-2-1-3-6-10-7-5-9;8-5-6-3-1-2-4-7(6)9/h10-11,13-14,21,33H,12,15-20H2,1-9H3;10-16,23H2,1-9H3;2-3,6-7,12,16,18H,1,4-5,8-11,15H2;10H,1-9H2;1-5,9H. The van der Waals surface area contributed by atoms with Crippen molar-refractivity contribution in [2.75, 3.05) is 118 Å². The lowest BCUT2D eigenvalue weighted by atomic mass is 10.2. The molecule has 0 unspecified atom stereocenters. The van der Waals surface area contributed by atoms with Gasteiger partial charge in [-0.25, -0.2) is 19.2 Å². The van der Waals surface area contributed by atoms with E-state index in [0.29, 0.717) is 49.9 Å². The number of carbonyl (C=O) groups is 7. The summed E-state index contributed by atoms with van der Waals surface area (Å²) >= 11 is 0. The van der Waals surface area contributed by atoms with Crippen LogP contribution < -0.4 is 33.6 Å². The Kier molecular flexibility index (Phi) is 52.1. The number of benzene rings is 3. The van der Waals surface area contributed by atoms with Crippen LogP contribution in [0.5, 0.6) is 17.2 Å². The lowest BCUT2D eigenvalue weighted by Crippen LogP contribution is -2.46. The number of aldehydes is 1. The van der Waals surface area contributed by atoms with E-state index in [4.69, 9.17) is 56.5 Å². The first-order chi connectivity index (χ1) is 49.9. The summed E-state index contributed by atoms with van der Waals surface area (Å²) in [6, 6.07) is 20.5. The number of nitrogens with zero attached hydrogens (tertiary/aromatic N) is 6. The molecule has 0 aliphatic carbocycles. The maximum atomic E-state index is 12.9. The number of aliphatic imine (C=N–C) groups is 2. The number of amides is 4. The Balaban J connectivity index is 0. The molecule has 3 aromatic carbocycles. The number of hydrogen-bond donors (Lipinski definition) is 9. The zero-order chi connectivity index (χ0) is 81.7. The van der Waals surface area contributed by atoms with E-state index in [1.165, 1.54) is 38.5 Å². The van der Waals surface area contributed by atoms with Gasteiger partial charge in [-0.1, -0.05) is 49.2 Å². The van der Waals surface area contributed by atoms with E-state index in [1.54, 1.807) is 192 Å². The topological polar surface area (TPSA) is 401 Å². The molecule has 28 nitrogen and oxygen atoms in total. The van der Waals surface area contributed by atoms with E-state index < -0.39 is 58.0 Å². The summed E-state index contributed by atoms with van der Waals surface area (Å²) < 4.78 is 32.7. The molecular formula is C79H138N12O16. The van der Waals surface area contributed by atoms with Gasteiger partial charge in [-0.2, -0.15) is 0 Å². The van der Waals surface area contributed by atoms with Crippen LogP contribution >= 0.6 is 0 Å². The third-order valence-electron chi connectivity index (χ3n) is 13.5. The normalized spacial score (nSPS) is 11.6. The Labute approximate surface area is 639 Å². The van der Waals surface area contributed by atoms with Gasteiger partial charge >= 0.3 is 36.3 Å². The molecule has 3 rings (SSSR count). The largest absolute Gasteiger partial charge is 0.507 e. The average molecular weight is 1510 g/mol. The minimum atomic E-state index is -0.705. The molecule has 0 aromatic heterocycles. The molecule has 0 aliphatic rings. The molecule has 4 amide bonds. The second-order valence-electron chi connectivity index (χ2n) is 30.9. The van der Waals surface area contributed by atoms with Gasteiger partial charge in [-0.3, -0.25) is 24.4 Å². The van der Waals surface area contributed by atoms with Crippen LogP contribution in [-0.4, -0.2) is 241 Å². The minimum Gasteiger partial charge on any atom is -0.507 e. The quantitative estimate of drug-likeness (QED) is 0.00851. The molecule has 0 aliphatic heterocycles. The van der Waals surface area contributed by atoms with E-state index >= 15 is 0 Å². The maximum absolute atomic E-state index is 12.9. The zero-order valence-electron chi connectivity index (χ0n) is 68.1. The molecule has 0 atom stereocenters. The van der Waals surface area contributed by atoms with Gasteiger partial charge in [0.05, 0.1) is 12.1 Å². The van der Waals surface area contributed by atoms with Gasteiger partial charge in [-0.15, -0.1) is 0 Å². The Hall–Kier alpha value is -8.15. The number of phenols is 3. The molecule has 0 saturated heterocycles. The number of ether oxygens (including phenoxy) is 6. The number of nitrogens with two attached hydrogens (primary N) is 4. The summed E-state index contributed by atoms with van der Waals surface area (Å²) in [5.74, 6) is -0.233. The van der Waals surface area contributed by atoms with E-state index in [2.05, 4.69) is 20.6 Å². The third-order valence-corrected chi connectivity index (χ3v) is 13.5. The number of hydrogen-bond acceptors (Lipinski definition) is 24. The van der Waals surface area contributed by atoms with Crippen molar-refractivity contribution in [2.24, 2.45) is 32.9 Å². The summed E-state index contributed by atoms with van der Waals surface area (Å²) in [6.07, 6.45) is 9.96. The molecule has 3 aromatic rings. The Morgan fingerprint density at radius 2 is 0.664 bits per heavy atom. The maximum Gasteiger partial charge on any atom is 0.410 e. The summed E-state index contributed by atoms with van der Waals surface area (Å²) in [7, 11) is 0. The molecule has 28 heteroatoms. The molecule has 0 radical (unpaired) electrons. The second-order valence-corrected chi connectivity index (χ2v) is 30.9. The van der Waals surface area contributed by atoms with Gasteiger partial charge in [-0.05, 0) is 219 Å². The number of rotatable bonds is 37. The highest BCUT2D eigenvalue weighted by molar-refractivity contribution is 5.84. The van der Waals surface area contributed by atoms with Crippen molar-refractivity contribution in [2.45, 2.75) is 222 Å². The van der Waals surface area contributed by atoms with Crippen LogP contribution in [-0.2, 0) is 38.0 Å². The predicted octanol–water partition coefficient (Wildman–Crippen LogP) is 11.3. The fourth-order valence-corrected chi connectivity index (χ4v) is 8.68. The lowest BCUT2D eigenvalue weighted by molar-refractivity contribution is -0.156. The van der Waals surface area contributed by atoms with Gasteiger partial charge in [0.25, 0.3) is 0 Å². The molecule has 13 N–H and O–H groups in total. The van der Waals surface area contributed by atoms with Crippen LogP contribution in [0.4, 0.5) is 19.2 Å². The van der Waals surface area contributed by atoms with Crippen LogP contribution in [0.2, 0.25) is 0 Å². The second kappa shape index (κ2) is 55.3. The van der Waals surface area contributed by atoms with Crippen molar-refractivity contribution in [3.63, 3.8) is 0 Å². The molecule has 0 spiro atoms. The van der Waals surface area contributed by atoms with Gasteiger partial charge in [0.15, 0.2) is 6.29 Å². The molecular weight excluding hydrogens is 1370 g/mol. The summed E-state index contributed by atoms with van der Waals surface area (Å²) in [5, 5.41) is 34.8. The van der Waals surface area contributed by atoms with Crippen molar-refractivity contribution in [1.82, 2.24) is 30.2 Å². The van der Waals surface area contributed by atoms with Crippen LogP contribution in [0.1, 0.15) is 210 Å². The monoisotopic (exact) mass is 1510 g/mol. The first kappa shape index (κ1) is 101. The Morgan fingerprint density at radius 1 is 0.355 bits per heavy atom. The fourth-order valence-electron chi connectivity index (χ4n) is 8.68. The number of carbonyl (C=O) groups excluding carboxylic acids is 7. The van der Waals surface area contributed by atoms with Gasteiger partial charge in [0.1, 0.15) is 50.9 Å². The fraction of sp³-hybridized carbons (Fsp3) is 0.658. The van der Waals surface area contributed by atoms with Crippen molar-refractivity contribution < 1.29 is 77.3 Å². The molecule has 107 heavy (non-hydrogen) atoms. The van der Waals surface area contributed by atoms with Gasteiger partial charge in [0.2, 0.25) is 0 Å². The first-order valence-corrected chi connectivity index (χ1v) is 37.3. The third kappa shape index (κ3) is 59.6. The summed E-state index contributed by atoms with van der Waals surface area (Å²) in [4.78, 5) is 99.7. The van der Waals surface area contributed by atoms with Crippen molar-refractivity contribution in [1.29, 1.82) is 0 Å². The van der Waals surface area contributed by atoms with Crippen molar-refractivity contribution >= 4 is 55.0 Å². The lowest BCUT2D eigenvalue weighted by Gasteiger charge is -2.31. The van der Waals surface area contributed by atoms with E-state index in [-0.39, 0.29) is 94.4 Å². The van der Waals surface area contributed by atoms with Crippen LogP contribution in [0.15, 0.2) is 82.8 Å². The average Bonchev–Trinajstić information content (AvgIpc) is 0.886. The number of aromatic hydroxyl groups is 3. The van der Waals surface area contributed by atoms with Crippen molar-refractivity contribution in [3.05, 3.63) is 89.5 Å². The highest BCUT2D eigenvalue weighted by Crippen LogP contribution is 2.19. The molecule has 0 fully saturated rings. The van der Waals surface area contributed by atoms with Crippen molar-refractivity contribution in [3.8, 4) is 17.2 Å². The molecule has 0 heterocycles. The Bertz CT molecular complexity index is 2990. The van der Waals surface area contributed by atoms with Crippen LogP contribution in [0.3, 0.4) is 0 Å². The number of unbranched alkanes of at least 4 members (excludes halogenated alkanes) is 4. The van der Waals surface area contributed by atoms with Crippen LogP contribution in [0.25, 0.3) is 0 Å². The van der Waals surface area contributed by atoms with E-state index in [0.717, 1.165) is 77.1 Å². The first-order valence-electron chi connectivity index (χ1n) is 37.3. The SMILES string of the molecule is CC(C)(C)OC(=O)CCCN(CCN(CCN)C(=O)OC(C)(C)C)C(=O)OC(C)(C)C.CC(C)(C)OC(=O)CCCN(CCN(CCN=Cc1ccccc1O)C(=O)OC(C)(C)C)C(=O)OC(C)(C)C.NCCCCCNCCN.NCCNCCCCCN=Cc1ccccc1O.O=Cc1ccccc1O. The van der Waals surface area contributed by atoms with E-state index in [9.17, 15) is 43.8 Å². The Morgan fingerprint density at radius 3 is 0.963 bits per heavy atom. The van der Waals surface area contributed by atoms with Gasteiger partial charge in [0, 0.05) is 128 Å². The number of phenolic OH excluding ortho intramolecular Hbond substituents is 3.